The topological polar surface area (TPSA) is 105 Å². The van der Waals surface area contributed by atoms with Gasteiger partial charge in [0.05, 0.1) is 14.2 Å². The van der Waals surface area contributed by atoms with Crippen LogP contribution >= 0.6 is 0 Å². The summed E-state index contributed by atoms with van der Waals surface area (Å²) < 4.78 is 15.8. The molecule has 0 radical (unpaired) electrons. The van der Waals surface area contributed by atoms with Crippen molar-refractivity contribution in [2.24, 2.45) is 0 Å². The maximum absolute atomic E-state index is 12.4. The van der Waals surface area contributed by atoms with E-state index < -0.39 is 5.91 Å². The minimum absolute atomic E-state index is 0.0681. The molecule has 3 N–H and O–H groups in total. The van der Waals surface area contributed by atoms with Crippen LogP contribution in [0.15, 0.2) is 46.9 Å². The van der Waals surface area contributed by atoms with Crippen LogP contribution in [0.5, 0.6) is 17.2 Å². The number of nitrogens with one attached hydrogen (secondary N) is 2. The molecule has 0 fully saturated rings. The molecule has 0 spiro atoms. The van der Waals surface area contributed by atoms with Gasteiger partial charge >= 0.3 is 0 Å². The number of rotatable bonds is 6. The van der Waals surface area contributed by atoms with Crippen molar-refractivity contribution in [1.29, 1.82) is 5.41 Å². The Morgan fingerprint density at radius 2 is 1.93 bits per heavy atom. The number of para-hydroxylation sites is 1. The summed E-state index contributed by atoms with van der Waals surface area (Å²) in [5.74, 6) is 0.795. The fraction of sp³-hybridized carbons (Fsp3) is 0.200. The zero-order chi connectivity index (χ0) is 19.4. The van der Waals surface area contributed by atoms with Crippen LogP contribution in [0.2, 0.25) is 0 Å². The van der Waals surface area contributed by atoms with E-state index in [1.807, 2.05) is 18.2 Å². The van der Waals surface area contributed by atoms with E-state index >= 15 is 0 Å². The van der Waals surface area contributed by atoms with Crippen molar-refractivity contribution in [1.82, 2.24) is 5.32 Å². The largest absolute Gasteiger partial charge is 0.504 e. The number of hydrogen-bond acceptors (Lipinski definition) is 6. The Labute approximate surface area is 155 Å². The molecule has 140 valence electrons. The molecule has 27 heavy (non-hydrogen) atoms. The second kappa shape index (κ2) is 7.82. The van der Waals surface area contributed by atoms with E-state index in [1.165, 1.54) is 12.1 Å². The van der Waals surface area contributed by atoms with Crippen molar-refractivity contribution in [2.75, 3.05) is 20.8 Å². The third-order valence-electron chi connectivity index (χ3n) is 4.17. The van der Waals surface area contributed by atoms with Gasteiger partial charge in [-0.15, -0.1) is 0 Å². The molecule has 0 aliphatic rings. The minimum Gasteiger partial charge on any atom is -0.504 e. The zero-order valence-electron chi connectivity index (χ0n) is 15.0. The SMILES string of the molecule is COc1ccc(CCNC(=O)c2cc3cccc(O)c3oc2=N)cc1OC. The van der Waals surface area contributed by atoms with E-state index in [9.17, 15) is 9.90 Å². The molecule has 0 saturated heterocycles. The number of methoxy groups -OCH3 is 2. The van der Waals surface area contributed by atoms with Crippen molar-refractivity contribution in [3.63, 3.8) is 0 Å². The summed E-state index contributed by atoms with van der Waals surface area (Å²) >= 11 is 0. The summed E-state index contributed by atoms with van der Waals surface area (Å²) in [6, 6.07) is 11.9. The lowest BCUT2D eigenvalue weighted by Crippen LogP contribution is -2.30. The summed E-state index contributed by atoms with van der Waals surface area (Å²) in [6.45, 7) is 0.381. The molecule has 1 aromatic heterocycles. The standard InChI is InChI=1S/C20H20N2O5/c1-25-16-7-6-12(10-17(16)26-2)8-9-22-20(24)14-11-13-4-3-5-15(23)18(13)27-19(14)21/h3-7,10-11,21,23H,8-9H2,1-2H3,(H,22,24). The highest BCUT2D eigenvalue weighted by molar-refractivity contribution is 5.97. The van der Waals surface area contributed by atoms with Crippen molar-refractivity contribution in [3.8, 4) is 17.2 Å². The third kappa shape index (κ3) is 3.87. The molecule has 1 heterocycles. The predicted molar refractivity (Wildman–Crippen MR) is 99.3 cm³/mol. The first-order valence-corrected chi connectivity index (χ1v) is 8.33. The van der Waals surface area contributed by atoms with Gasteiger partial charge in [-0.05, 0) is 36.2 Å². The third-order valence-corrected chi connectivity index (χ3v) is 4.17. The van der Waals surface area contributed by atoms with E-state index in [1.54, 1.807) is 26.4 Å². The average molecular weight is 368 g/mol. The number of fused-ring (bicyclic) bond motifs is 1. The second-order valence-electron chi connectivity index (χ2n) is 5.88. The lowest BCUT2D eigenvalue weighted by atomic mass is 10.1. The molecule has 0 bridgehead atoms. The zero-order valence-corrected chi connectivity index (χ0v) is 15.0. The number of phenolic OH excluding ortho intramolecular Hbond substituents is 1. The van der Waals surface area contributed by atoms with Gasteiger partial charge < -0.3 is 24.3 Å². The van der Waals surface area contributed by atoms with Gasteiger partial charge in [-0.25, -0.2) is 0 Å². The summed E-state index contributed by atoms with van der Waals surface area (Å²) in [4.78, 5) is 12.4. The number of phenols is 1. The molecule has 0 unspecified atom stereocenters. The van der Waals surface area contributed by atoms with Gasteiger partial charge in [-0.3, -0.25) is 10.2 Å². The smallest absolute Gasteiger partial charge is 0.256 e. The summed E-state index contributed by atoms with van der Waals surface area (Å²) in [5, 5.41) is 21.0. The monoisotopic (exact) mass is 368 g/mol. The molecule has 1 amide bonds. The minimum atomic E-state index is -0.408. The van der Waals surface area contributed by atoms with Gasteiger partial charge in [-0.2, -0.15) is 0 Å². The Kier molecular flexibility index (Phi) is 5.30. The molecule has 7 nitrogen and oxygen atoms in total. The normalized spacial score (nSPS) is 10.6. The first-order valence-electron chi connectivity index (χ1n) is 8.33. The molecule has 7 heteroatoms. The van der Waals surface area contributed by atoms with E-state index in [0.717, 1.165) is 5.56 Å². The highest BCUT2D eigenvalue weighted by Gasteiger charge is 2.13. The van der Waals surface area contributed by atoms with Gasteiger partial charge in [0.1, 0.15) is 5.56 Å². The van der Waals surface area contributed by atoms with Gasteiger partial charge in [-0.1, -0.05) is 18.2 Å². The quantitative estimate of drug-likeness (QED) is 0.620. The number of ether oxygens (including phenoxy) is 2. The molecular weight excluding hydrogens is 348 g/mol. The van der Waals surface area contributed by atoms with Gasteiger partial charge in [0, 0.05) is 11.9 Å². The lowest BCUT2D eigenvalue weighted by Gasteiger charge is -2.10. The molecule has 0 atom stereocenters. The summed E-state index contributed by atoms with van der Waals surface area (Å²) in [6.07, 6.45) is 0.588. The fourth-order valence-electron chi connectivity index (χ4n) is 2.77. The van der Waals surface area contributed by atoms with E-state index in [0.29, 0.717) is 29.9 Å². The van der Waals surface area contributed by atoms with Crippen molar-refractivity contribution in [2.45, 2.75) is 6.42 Å². The Hall–Kier alpha value is -3.48. The fourth-order valence-corrected chi connectivity index (χ4v) is 2.77. The molecule has 0 saturated carbocycles. The molecule has 2 aromatic carbocycles. The van der Waals surface area contributed by atoms with Gasteiger partial charge in [0.2, 0.25) is 5.55 Å². The van der Waals surface area contributed by atoms with Crippen LogP contribution in [0.4, 0.5) is 0 Å². The molecular formula is C20H20N2O5. The van der Waals surface area contributed by atoms with Crippen molar-refractivity contribution >= 4 is 16.9 Å². The van der Waals surface area contributed by atoms with Crippen LogP contribution in [-0.2, 0) is 6.42 Å². The second-order valence-corrected chi connectivity index (χ2v) is 5.88. The van der Waals surface area contributed by atoms with Crippen LogP contribution in [-0.4, -0.2) is 31.8 Å². The molecule has 3 aromatic rings. The van der Waals surface area contributed by atoms with E-state index in [4.69, 9.17) is 19.3 Å². The summed E-state index contributed by atoms with van der Waals surface area (Å²) in [5.41, 5.74) is 0.976. The first-order chi connectivity index (χ1) is 13.0. The molecule has 3 rings (SSSR count). The Balaban J connectivity index is 1.70. The summed E-state index contributed by atoms with van der Waals surface area (Å²) in [7, 11) is 3.14. The highest BCUT2D eigenvalue weighted by Crippen LogP contribution is 2.27. The molecule has 0 aliphatic carbocycles. The van der Waals surface area contributed by atoms with Crippen LogP contribution in [0.3, 0.4) is 0 Å². The van der Waals surface area contributed by atoms with Crippen LogP contribution in [0.25, 0.3) is 11.0 Å². The Morgan fingerprint density at radius 3 is 2.67 bits per heavy atom. The maximum atomic E-state index is 12.4. The van der Waals surface area contributed by atoms with Crippen molar-refractivity contribution < 1.29 is 23.8 Å². The number of carbonyl (C=O) groups is 1. The number of amides is 1. The van der Waals surface area contributed by atoms with Crippen LogP contribution in [0.1, 0.15) is 15.9 Å². The number of hydrogen-bond donors (Lipinski definition) is 3. The van der Waals surface area contributed by atoms with Crippen molar-refractivity contribution in [3.05, 3.63) is 59.1 Å². The van der Waals surface area contributed by atoms with Crippen LogP contribution < -0.4 is 20.3 Å². The Morgan fingerprint density at radius 1 is 1.15 bits per heavy atom. The number of carbonyl (C=O) groups excluding carboxylic acids is 1. The highest BCUT2D eigenvalue weighted by atomic mass is 16.5. The molecule has 0 aliphatic heterocycles. The number of benzene rings is 2. The maximum Gasteiger partial charge on any atom is 0.256 e. The first kappa shape index (κ1) is 18.3. The predicted octanol–water partition coefficient (Wildman–Crippen LogP) is 2.61. The van der Waals surface area contributed by atoms with E-state index in [2.05, 4.69) is 5.32 Å². The van der Waals surface area contributed by atoms with Crippen LogP contribution in [0, 0.1) is 5.41 Å². The Bertz CT molecular complexity index is 1040. The number of aromatic hydroxyl groups is 1. The van der Waals surface area contributed by atoms with Gasteiger partial charge in [0.15, 0.2) is 22.8 Å². The van der Waals surface area contributed by atoms with Gasteiger partial charge in [0.25, 0.3) is 5.91 Å². The van der Waals surface area contributed by atoms with E-state index in [-0.39, 0.29) is 22.5 Å². The average Bonchev–Trinajstić information content (AvgIpc) is 2.68. The lowest BCUT2D eigenvalue weighted by molar-refractivity contribution is 0.0950.